The zero-order valence-corrected chi connectivity index (χ0v) is 18.2. The summed E-state index contributed by atoms with van der Waals surface area (Å²) in [5.74, 6) is -1.78. The molecule has 0 spiro atoms. The largest absolute Gasteiger partial charge is 0.507 e. The van der Waals surface area contributed by atoms with Gasteiger partial charge in [0.05, 0.1) is 18.2 Å². The number of nitrogens with zero attached hydrogens (tertiary/aromatic N) is 2. The van der Waals surface area contributed by atoms with E-state index in [4.69, 9.17) is 4.74 Å². The molecule has 0 bridgehead atoms. The van der Waals surface area contributed by atoms with Crippen molar-refractivity contribution in [2.75, 3.05) is 33.8 Å². The smallest absolute Gasteiger partial charge is 0.295 e. The Morgan fingerprint density at radius 3 is 2.52 bits per heavy atom. The standard InChI is InChI=1S/C24H27FN2O4/c1-5-31-19-11-10-16(14-15(19)2)22(28)20-21(17-8-6-7-9-18(17)25)27(13-12-26(3)4)24(30)23(20)29/h6-11,14,21,28H,5,12-13H2,1-4H3/b22-20+. The number of aliphatic hydroxyl groups is 1. The van der Waals surface area contributed by atoms with Gasteiger partial charge in [-0.2, -0.15) is 0 Å². The minimum atomic E-state index is -1.01. The molecule has 1 amide bonds. The molecule has 31 heavy (non-hydrogen) atoms. The fourth-order valence-electron chi connectivity index (χ4n) is 3.71. The summed E-state index contributed by atoms with van der Waals surface area (Å²) < 4.78 is 20.3. The molecule has 1 N–H and O–H groups in total. The summed E-state index contributed by atoms with van der Waals surface area (Å²) in [5.41, 5.74) is 1.20. The molecule has 1 atom stereocenters. The highest BCUT2D eigenvalue weighted by molar-refractivity contribution is 6.46. The fraction of sp³-hybridized carbons (Fsp3) is 0.333. The molecule has 0 radical (unpaired) electrons. The Kier molecular flexibility index (Phi) is 6.75. The number of carbonyl (C=O) groups excluding carboxylic acids is 2. The fourth-order valence-corrected chi connectivity index (χ4v) is 3.71. The van der Waals surface area contributed by atoms with Gasteiger partial charge in [0, 0.05) is 24.2 Å². The summed E-state index contributed by atoms with van der Waals surface area (Å²) in [7, 11) is 3.69. The molecule has 2 aromatic carbocycles. The first kappa shape index (κ1) is 22.5. The Bertz CT molecular complexity index is 1030. The van der Waals surface area contributed by atoms with Crippen LogP contribution >= 0.6 is 0 Å². The monoisotopic (exact) mass is 426 g/mol. The summed E-state index contributed by atoms with van der Waals surface area (Å²) in [6.07, 6.45) is 0. The quantitative estimate of drug-likeness (QED) is 0.417. The molecule has 0 aliphatic carbocycles. The number of hydrogen-bond acceptors (Lipinski definition) is 5. The van der Waals surface area contributed by atoms with E-state index in [0.29, 0.717) is 24.5 Å². The molecule has 1 fully saturated rings. The molecule has 1 aliphatic rings. The normalized spacial score (nSPS) is 18.1. The maximum absolute atomic E-state index is 14.7. The first-order chi connectivity index (χ1) is 14.8. The van der Waals surface area contributed by atoms with Crippen LogP contribution in [0.2, 0.25) is 0 Å². The summed E-state index contributed by atoms with van der Waals surface area (Å²) in [6.45, 7) is 4.90. The first-order valence-electron chi connectivity index (χ1n) is 10.2. The molecule has 1 saturated heterocycles. The topological polar surface area (TPSA) is 70.1 Å². The molecule has 0 saturated carbocycles. The van der Waals surface area contributed by atoms with Crippen molar-refractivity contribution in [1.82, 2.24) is 9.80 Å². The molecule has 2 aromatic rings. The predicted octanol–water partition coefficient (Wildman–Crippen LogP) is 3.52. The maximum Gasteiger partial charge on any atom is 0.295 e. The SMILES string of the molecule is CCOc1ccc(/C(O)=C2\C(=O)C(=O)N(CCN(C)C)C2c2ccccc2F)cc1C. The lowest BCUT2D eigenvalue weighted by atomic mass is 9.94. The Morgan fingerprint density at radius 1 is 1.19 bits per heavy atom. The molecular formula is C24H27FN2O4. The van der Waals surface area contributed by atoms with Gasteiger partial charge in [0.1, 0.15) is 17.3 Å². The zero-order valence-electron chi connectivity index (χ0n) is 18.2. The van der Waals surface area contributed by atoms with Crippen LogP contribution in [0.5, 0.6) is 5.75 Å². The summed E-state index contributed by atoms with van der Waals surface area (Å²) in [5, 5.41) is 11.1. The number of rotatable bonds is 7. The van der Waals surface area contributed by atoms with Crippen LogP contribution in [-0.4, -0.2) is 60.4 Å². The number of ketones is 1. The van der Waals surface area contributed by atoms with Crippen molar-refractivity contribution in [2.24, 2.45) is 0 Å². The number of Topliss-reactive ketones (excluding diaryl/α,β-unsaturated/α-hetero) is 1. The second-order valence-electron chi connectivity index (χ2n) is 7.73. The average Bonchev–Trinajstić information content (AvgIpc) is 2.98. The van der Waals surface area contributed by atoms with Crippen molar-refractivity contribution >= 4 is 17.4 Å². The Labute approximate surface area is 181 Å². The van der Waals surface area contributed by atoms with Gasteiger partial charge in [0.2, 0.25) is 0 Å². The molecule has 1 unspecified atom stereocenters. The number of aliphatic hydroxyl groups excluding tert-OH is 1. The van der Waals surface area contributed by atoms with E-state index in [1.165, 1.54) is 17.0 Å². The van der Waals surface area contributed by atoms with E-state index >= 15 is 0 Å². The number of benzene rings is 2. The Balaban J connectivity index is 2.15. The van der Waals surface area contributed by atoms with E-state index in [0.717, 1.165) is 5.56 Å². The van der Waals surface area contributed by atoms with Crippen LogP contribution in [0.3, 0.4) is 0 Å². The zero-order chi connectivity index (χ0) is 22.7. The van der Waals surface area contributed by atoms with Crippen LogP contribution in [-0.2, 0) is 9.59 Å². The van der Waals surface area contributed by atoms with Gasteiger partial charge < -0.3 is 19.6 Å². The lowest BCUT2D eigenvalue weighted by Gasteiger charge is -2.26. The second-order valence-corrected chi connectivity index (χ2v) is 7.73. The van der Waals surface area contributed by atoms with E-state index in [-0.39, 0.29) is 23.4 Å². The number of halogens is 1. The van der Waals surface area contributed by atoms with Crippen molar-refractivity contribution < 1.29 is 23.8 Å². The molecule has 0 aromatic heterocycles. The van der Waals surface area contributed by atoms with E-state index in [2.05, 4.69) is 0 Å². The molecule has 3 rings (SSSR count). The van der Waals surface area contributed by atoms with Crippen molar-refractivity contribution in [2.45, 2.75) is 19.9 Å². The van der Waals surface area contributed by atoms with Gasteiger partial charge in [-0.25, -0.2) is 4.39 Å². The third-order valence-electron chi connectivity index (χ3n) is 5.28. The van der Waals surface area contributed by atoms with Gasteiger partial charge in [0.25, 0.3) is 11.7 Å². The maximum atomic E-state index is 14.7. The van der Waals surface area contributed by atoms with Gasteiger partial charge in [-0.05, 0) is 57.8 Å². The average molecular weight is 426 g/mol. The summed E-state index contributed by atoms with van der Waals surface area (Å²) >= 11 is 0. The molecule has 164 valence electrons. The van der Waals surface area contributed by atoms with Crippen LogP contribution in [0.1, 0.15) is 29.7 Å². The number of aryl methyl sites for hydroxylation is 1. The highest BCUT2D eigenvalue weighted by Crippen LogP contribution is 2.40. The van der Waals surface area contributed by atoms with Crippen molar-refractivity contribution in [1.29, 1.82) is 0 Å². The number of amides is 1. The number of carbonyl (C=O) groups is 2. The Morgan fingerprint density at radius 2 is 1.90 bits per heavy atom. The number of hydrogen-bond donors (Lipinski definition) is 1. The summed E-state index contributed by atoms with van der Waals surface area (Å²) in [4.78, 5) is 29.0. The first-order valence-corrected chi connectivity index (χ1v) is 10.2. The van der Waals surface area contributed by atoms with Crippen molar-refractivity contribution in [3.63, 3.8) is 0 Å². The minimum Gasteiger partial charge on any atom is -0.507 e. The molecular weight excluding hydrogens is 399 g/mol. The van der Waals surface area contributed by atoms with Crippen LogP contribution in [0, 0.1) is 12.7 Å². The van der Waals surface area contributed by atoms with Gasteiger partial charge in [-0.15, -0.1) is 0 Å². The van der Waals surface area contributed by atoms with Crippen molar-refractivity contribution in [3.8, 4) is 5.75 Å². The third kappa shape index (κ3) is 4.46. The van der Waals surface area contributed by atoms with Crippen LogP contribution in [0.15, 0.2) is 48.0 Å². The van der Waals surface area contributed by atoms with Crippen molar-refractivity contribution in [3.05, 3.63) is 70.5 Å². The van der Waals surface area contributed by atoms with Crippen LogP contribution in [0.4, 0.5) is 4.39 Å². The van der Waals surface area contributed by atoms with Gasteiger partial charge >= 0.3 is 0 Å². The number of likely N-dealkylation sites (tertiary alicyclic amines) is 1. The summed E-state index contributed by atoms with van der Waals surface area (Å²) in [6, 6.07) is 10.0. The minimum absolute atomic E-state index is 0.114. The number of ether oxygens (including phenoxy) is 1. The molecule has 1 heterocycles. The lowest BCUT2D eigenvalue weighted by Crippen LogP contribution is -2.35. The van der Waals surface area contributed by atoms with E-state index in [1.807, 2.05) is 32.8 Å². The second kappa shape index (κ2) is 9.31. The predicted molar refractivity (Wildman–Crippen MR) is 116 cm³/mol. The third-order valence-corrected chi connectivity index (χ3v) is 5.28. The van der Waals surface area contributed by atoms with Crippen LogP contribution < -0.4 is 4.74 Å². The number of likely N-dealkylation sites (N-methyl/N-ethyl adjacent to an activating group) is 1. The molecule has 1 aliphatic heterocycles. The van der Waals surface area contributed by atoms with E-state index in [1.54, 1.807) is 30.3 Å². The van der Waals surface area contributed by atoms with E-state index < -0.39 is 23.5 Å². The van der Waals surface area contributed by atoms with Gasteiger partial charge in [-0.1, -0.05) is 18.2 Å². The highest BCUT2D eigenvalue weighted by Gasteiger charge is 2.46. The highest BCUT2D eigenvalue weighted by atomic mass is 19.1. The Hall–Kier alpha value is -3.19. The van der Waals surface area contributed by atoms with E-state index in [9.17, 15) is 19.1 Å². The van der Waals surface area contributed by atoms with Gasteiger partial charge in [-0.3, -0.25) is 9.59 Å². The molecule has 7 heteroatoms. The van der Waals surface area contributed by atoms with Gasteiger partial charge in [0.15, 0.2) is 0 Å². The molecule has 6 nitrogen and oxygen atoms in total. The van der Waals surface area contributed by atoms with Crippen LogP contribution in [0.25, 0.3) is 5.76 Å². The lowest BCUT2D eigenvalue weighted by molar-refractivity contribution is -0.140.